The summed E-state index contributed by atoms with van der Waals surface area (Å²) in [6, 6.07) is 0.748. The molecular weight excluding hydrogens is 170 g/mol. The van der Waals surface area contributed by atoms with Crippen LogP contribution < -0.4 is 5.32 Å². The molecule has 2 aliphatic rings. The van der Waals surface area contributed by atoms with Gasteiger partial charge in [-0.15, -0.1) is 0 Å². The van der Waals surface area contributed by atoms with Crippen molar-refractivity contribution < 1.29 is 0 Å². The molecule has 0 saturated heterocycles. The maximum atomic E-state index is 3.71. The lowest BCUT2D eigenvalue weighted by atomic mass is 9.93. The maximum absolute atomic E-state index is 3.71. The third-order valence-electron chi connectivity index (χ3n) is 4.07. The quantitative estimate of drug-likeness (QED) is 0.662. The van der Waals surface area contributed by atoms with Crippen LogP contribution in [0.4, 0.5) is 0 Å². The normalized spacial score (nSPS) is 34.6. The summed E-state index contributed by atoms with van der Waals surface area (Å²) < 4.78 is 0. The van der Waals surface area contributed by atoms with E-state index in [4.69, 9.17) is 0 Å². The van der Waals surface area contributed by atoms with Crippen LogP contribution in [-0.2, 0) is 0 Å². The summed E-state index contributed by atoms with van der Waals surface area (Å²) in [6.45, 7) is 5.81. The highest BCUT2D eigenvalue weighted by atomic mass is 14.9. The predicted molar refractivity (Wildman–Crippen MR) is 61.2 cm³/mol. The maximum Gasteiger partial charge on any atom is 0.00619 e. The molecule has 0 aromatic carbocycles. The van der Waals surface area contributed by atoms with Gasteiger partial charge in [0.15, 0.2) is 0 Å². The average molecular weight is 193 g/mol. The Morgan fingerprint density at radius 3 is 2.50 bits per heavy atom. The van der Waals surface area contributed by atoms with Crippen molar-refractivity contribution in [2.24, 2.45) is 17.8 Å². The predicted octanol–water partition coefficient (Wildman–Crippen LogP) is 2.98. The molecule has 1 fully saturated rings. The summed E-state index contributed by atoms with van der Waals surface area (Å²) >= 11 is 0. The SMILES string of the molecule is CCC(CC)NC[C@H]1C[C@@H]2C=C[C@H]1C2. The van der Waals surface area contributed by atoms with E-state index in [0.29, 0.717) is 0 Å². The molecule has 0 aromatic rings. The number of hydrogen-bond donors (Lipinski definition) is 1. The highest BCUT2D eigenvalue weighted by Gasteiger charge is 2.35. The molecule has 0 heterocycles. The molecular formula is C13H23N. The van der Waals surface area contributed by atoms with Gasteiger partial charge >= 0.3 is 0 Å². The van der Waals surface area contributed by atoms with Gasteiger partial charge in [-0.05, 0) is 50.0 Å². The van der Waals surface area contributed by atoms with E-state index < -0.39 is 0 Å². The number of nitrogens with one attached hydrogen (secondary N) is 1. The fourth-order valence-electron chi connectivity index (χ4n) is 3.02. The molecule has 2 bridgehead atoms. The van der Waals surface area contributed by atoms with Gasteiger partial charge in [-0.1, -0.05) is 26.0 Å². The van der Waals surface area contributed by atoms with E-state index in [1.807, 2.05) is 0 Å². The minimum absolute atomic E-state index is 0.748. The number of allylic oxidation sites excluding steroid dienone is 2. The van der Waals surface area contributed by atoms with Crippen LogP contribution in [0.25, 0.3) is 0 Å². The van der Waals surface area contributed by atoms with E-state index in [2.05, 4.69) is 31.3 Å². The van der Waals surface area contributed by atoms with Crippen molar-refractivity contribution in [3.8, 4) is 0 Å². The monoisotopic (exact) mass is 193 g/mol. The summed E-state index contributed by atoms with van der Waals surface area (Å²) in [5.41, 5.74) is 0. The first-order valence-electron chi connectivity index (χ1n) is 6.25. The second kappa shape index (κ2) is 4.48. The smallest absolute Gasteiger partial charge is 0.00619 e. The lowest BCUT2D eigenvalue weighted by Gasteiger charge is -2.22. The van der Waals surface area contributed by atoms with Crippen LogP contribution in [0.5, 0.6) is 0 Å². The molecule has 0 unspecified atom stereocenters. The molecule has 2 rings (SSSR count). The van der Waals surface area contributed by atoms with Crippen molar-refractivity contribution >= 4 is 0 Å². The molecule has 0 spiro atoms. The van der Waals surface area contributed by atoms with Gasteiger partial charge in [-0.2, -0.15) is 0 Å². The zero-order chi connectivity index (χ0) is 9.97. The van der Waals surface area contributed by atoms with E-state index in [1.165, 1.54) is 32.2 Å². The Bertz CT molecular complexity index is 205. The van der Waals surface area contributed by atoms with Crippen molar-refractivity contribution in [2.75, 3.05) is 6.54 Å². The lowest BCUT2D eigenvalue weighted by Crippen LogP contribution is -2.33. The van der Waals surface area contributed by atoms with Crippen molar-refractivity contribution in [3.63, 3.8) is 0 Å². The topological polar surface area (TPSA) is 12.0 Å². The Kier molecular flexibility index (Phi) is 3.27. The number of hydrogen-bond acceptors (Lipinski definition) is 1. The van der Waals surface area contributed by atoms with Crippen molar-refractivity contribution in [1.29, 1.82) is 0 Å². The second-order valence-corrected chi connectivity index (χ2v) is 4.96. The molecule has 0 aliphatic heterocycles. The molecule has 0 aromatic heterocycles. The summed E-state index contributed by atoms with van der Waals surface area (Å²) in [4.78, 5) is 0. The lowest BCUT2D eigenvalue weighted by molar-refractivity contribution is 0.372. The summed E-state index contributed by atoms with van der Waals surface area (Å²) in [7, 11) is 0. The molecule has 80 valence electrons. The third kappa shape index (κ3) is 2.03. The molecule has 3 atom stereocenters. The Balaban J connectivity index is 1.74. The first kappa shape index (κ1) is 10.2. The van der Waals surface area contributed by atoms with Gasteiger partial charge in [0.05, 0.1) is 0 Å². The summed E-state index contributed by atoms with van der Waals surface area (Å²) in [6.07, 6.45) is 10.3. The van der Waals surface area contributed by atoms with Crippen LogP contribution >= 0.6 is 0 Å². The minimum Gasteiger partial charge on any atom is -0.314 e. The van der Waals surface area contributed by atoms with Crippen LogP contribution in [0.2, 0.25) is 0 Å². The van der Waals surface area contributed by atoms with Crippen LogP contribution in [-0.4, -0.2) is 12.6 Å². The zero-order valence-electron chi connectivity index (χ0n) is 9.50. The molecule has 0 radical (unpaired) electrons. The summed E-state index contributed by atoms with van der Waals surface area (Å²) in [5, 5.41) is 3.71. The van der Waals surface area contributed by atoms with E-state index in [1.54, 1.807) is 0 Å². The van der Waals surface area contributed by atoms with Gasteiger partial charge in [-0.25, -0.2) is 0 Å². The van der Waals surface area contributed by atoms with E-state index in [-0.39, 0.29) is 0 Å². The standard InChI is InChI=1S/C13H23N/c1-3-13(4-2)14-9-12-8-10-5-6-11(12)7-10/h5-6,10-14H,3-4,7-9H2,1-2H3/t10-,11+,12-/m1/s1. The van der Waals surface area contributed by atoms with Gasteiger partial charge < -0.3 is 5.32 Å². The van der Waals surface area contributed by atoms with Gasteiger partial charge in [-0.3, -0.25) is 0 Å². The fourth-order valence-corrected chi connectivity index (χ4v) is 3.02. The first-order chi connectivity index (χ1) is 6.83. The van der Waals surface area contributed by atoms with E-state index >= 15 is 0 Å². The minimum atomic E-state index is 0.748. The molecule has 2 aliphatic carbocycles. The third-order valence-corrected chi connectivity index (χ3v) is 4.07. The molecule has 1 saturated carbocycles. The molecule has 14 heavy (non-hydrogen) atoms. The Hall–Kier alpha value is -0.300. The largest absolute Gasteiger partial charge is 0.314 e. The number of fused-ring (bicyclic) bond motifs is 2. The Morgan fingerprint density at radius 2 is 2.00 bits per heavy atom. The van der Waals surface area contributed by atoms with E-state index in [9.17, 15) is 0 Å². The van der Waals surface area contributed by atoms with Gasteiger partial charge in [0.25, 0.3) is 0 Å². The summed E-state index contributed by atoms with van der Waals surface area (Å²) in [5.74, 6) is 2.76. The van der Waals surface area contributed by atoms with E-state index in [0.717, 1.165) is 23.8 Å². The van der Waals surface area contributed by atoms with Crippen LogP contribution in [0.15, 0.2) is 12.2 Å². The van der Waals surface area contributed by atoms with Crippen molar-refractivity contribution in [3.05, 3.63) is 12.2 Å². The highest BCUT2D eigenvalue weighted by Crippen LogP contribution is 2.42. The number of rotatable bonds is 5. The van der Waals surface area contributed by atoms with Gasteiger partial charge in [0.2, 0.25) is 0 Å². The molecule has 0 amide bonds. The van der Waals surface area contributed by atoms with Crippen LogP contribution in [0.3, 0.4) is 0 Å². The Morgan fingerprint density at radius 1 is 1.21 bits per heavy atom. The zero-order valence-corrected chi connectivity index (χ0v) is 9.50. The van der Waals surface area contributed by atoms with Crippen LogP contribution in [0, 0.1) is 17.8 Å². The van der Waals surface area contributed by atoms with Crippen molar-refractivity contribution in [2.45, 2.75) is 45.6 Å². The highest BCUT2D eigenvalue weighted by molar-refractivity contribution is 5.10. The molecule has 1 nitrogen and oxygen atoms in total. The van der Waals surface area contributed by atoms with Crippen molar-refractivity contribution in [1.82, 2.24) is 5.32 Å². The Labute approximate surface area is 88.0 Å². The van der Waals surface area contributed by atoms with Gasteiger partial charge in [0, 0.05) is 6.04 Å². The van der Waals surface area contributed by atoms with Crippen LogP contribution in [0.1, 0.15) is 39.5 Å². The first-order valence-corrected chi connectivity index (χ1v) is 6.25. The fraction of sp³-hybridized carbons (Fsp3) is 0.846. The molecule has 1 heteroatoms. The second-order valence-electron chi connectivity index (χ2n) is 4.96. The average Bonchev–Trinajstić information content (AvgIpc) is 2.80. The molecule has 1 N–H and O–H groups in total. The van der Waals surface area contributed by atoms with Gasteiger partial charge in [0.1, 0.15) is 0 Å².